The topological polar surface area (TPSA) is 50.1 Å². The molecular formula is C12H14FN3O. The first-order valence-electron chi connectivity index (χ1n) is 5.82. The maximum Gasteiger partial charge on any atom is 0.295 e. The Morgan fingerprint density at radius 3 is 3.24 bits per heavy atom. The van der Waals surface area contributed by atoms with Crippen LogP contribution in [0.5, 0.6) is 0 Å². The molecule has 1 atom stereocenters. The quantitative estimate of drug-likeness (QED) is 0.854. The summed E-state index contributed by atoms with van der Waals surface area (Å²) in [6, 6.07) is 5.14. The Balaban J connectivity index is 1.74. The normalized spacial score (nSPS) is 19.9. The maximum absolute atomic E-state index is 13.4. The number of oxazole rings is 1. The first kappa shape index (κ1) is 10.5. The third kappa shape index (κ3) is 2.10. The number of rotatable bonds is 3. The highest BCUT2D eigenvalue weighted by Crippen LogP contribution is 2.21. The van der Waals surface area contributed by atoms with Gasteiger partial charge in [-0.05, 0) is 37.6 Å². The van der Waals surface area contributed by atoms with Crippen LogP contribution in [0.4, 0.5) is 10.4 Å². The third-order valence-electron chi connectivity index (χ3n) is 3.07. The van der Waals surface area contributed by atoms with E-state index < -0.39 is 0 Å². The van der Waals surface area contributed by atoms with Gasteiger partial charge < -0.3 is 15.1 Å². The number of fused-ring (bicyclic) bond motifs is 1. The zero-order valence-electron chi connectivity index (χ0n) is 9.37. The predicted octanol–water partition coefficient (Wildman–Crippen LogP) is 1.99. The van der Waals surface area contributed by atoms with Crippen LogP contribution in [-0.2, 0) is 0 Å². The van der Waals surface area contributed by atoms with Crippen LogP contribution in [0.15, 0.2) is 22.6 Å². The van der Waals surface area contributed by atoms with E-state index in [2.05, 4.69) is 15.6 Å². The summed E-state index contributed by atoms with van der Waals surface area (Å²) in [6.45, 7) is 2.89. The predicted molar refractivity (Wildman–Crippen MR) is 63.4 cm³/mol. The van der Waals surface area contributed by atoms with E-state index in [0.29, 0.717) is 17.4 Å². The number of nitrogens with zero attached hydrogens (tertiary/aromatic N) is 1. The molecule has 2 N–H and O–H groups in total. The summed E-state index contributed by atoms with van der Waals surface area (Å²) >= 11 is 0. The highest BCUT2D eigenvalue weighted by molar-refractivity contribution is 5.74. The van der Waals surface area contributed by atoms with Crippen LogP contribution >= 0.6 is 0 Å². The highest BCUT2D eigenvalue weighted by Gasteiger charge is 2.15. The molecule has 0 saturated carbocycles. The van der Waals surface area contributed by atoms with Crippen molar-refractivity contribution in [1.82, 2.24) is 10.3 Å². The fourth-order valence-electron chi connectivity index (χ4n) is 2.11. The van der Waals surface area contributed by atoms with Crippen molar-refractivity contribution in [1.29, 1.82) is 0 Å². The Bertz CT molecular complexity index is 519. The lowest BCUT2D eigenvalue weighted by Crippen LogP contribution is -2.17. The van der Waals surface area contributed by atoms with Crippen molar-refractivity contribution in [2.24, 2.45) is 5.92 Å². The molecule has 90 valence electrons. The standard InChI is InChI=1S/C12H14FN3O/c13-9-2-1-3-10-11(9)17-12(16-10)15-7-8-4-5-14-6-8/h1-3,8,14H,4-7H2,(H,15,16). The van der Waals surface area contributed by atoms with Gasteiger partial charge in [0.2, 0.25) is 0 Å². The van der Waals surface area contributed by atoms with Gasteiger partial charge in [0, 0.05) is 6.54 Å². The molecule has 2 aromatic rings. The van der Waals surface area contributed by atoms with E-state index in [1.807, 2.05) is 0 Å². The molecule has 0 amide bonds. The van der Waals surface area contributed by atoms with Crippen LogP contribution < -0.4 is 10.6 Å². The largest absolute Gasteiger partial charge is 0.420 e. The molecule has 1 aromatic heterocycles. The second-order valence-corrected chi connectivity index (χ2v) is 4.35. The van der Waals surface area contributed by atoms with E-state index in [0.717, 1.165) is 26.1 Å². The Labute approximate surface area is 98.2 Å². The van der Waals surface area contributed by atoms with Crippen molar-refractivity contribution >= 4 is 17.1 Å². The molecule has 1 aliphatic heterocycles. The van der Waals surface area contributed by atoms with Gasteiger partial charge in [-0.2, -0.15) is 4.98 Å². The number of aromatic nitrogens is 1. The lowest BCUT2D eigenvalue weighted by Gasteiger charge is -2.07. The van der Waals surface area contributed by atoms with Crippen LogP contribution in [0.1, 0.15) is 6.42 Å². The molecule has 1 saturated heterocycles. The molecule has 0 radical (unpaired) electrons. The van der Waals surface area contributed by atoms with Crippen molar-refractivity contribution in [2.75, 3.05) is 25.0 Å². The van der Waals surface area contributed by atoms with Gasteiger partial charge >= 0.3 is 0 Å². The van der Waals surface area contributed by atoms with Crippen molar-refractivity contribution in [3.05, 3.63) is 24.0 Å². The molecule has 0 bridgehead atoms. The Morgan fingerprint density at radius 2 is 2.47 bits per heavy atom. The number of hydrogen-bond donors (Lipinski definition) is 2. The molecule has 0 spiro atoms. The minimum absolute atomic E-state index is 0.222. The summed E-state index contributed by atoms with van der Waals surface area (Å²) in [5.74, 6) is 0.223. The van der Waals surface area contributed by atoms with E-state index in [-0.39, 0.29) is 11.4 Å². The van der Waals surface area contributed by atoms with Gasteiger partial charge in [-0.3, -0.25) is 0 Å². The average molecular weight is 235 g/mol. The van der Waals surface area contributed by atoms with Crippen molar-refractivity contribution in [2.45, 2.75) is 6.42 Å². The molecule has 1 fully saturated rings. The van der Waals surface area contributed by atoms with Crippen LogP contribution in [0.25, 0.3) is 11.1 Å². The number of anilines is 1. The van der Waals surface area contributed by atoms with Crippen LogP contribution in [0, 0.1) is 11.7 Å². The molecule has 1 aromatic carbocycles. The molecule has 2 heterocycles. The zero-order valence-corrected chi connectivity index (χ0v) is 9.37. The van der Waals surface area contributed by atoms with Crippen LogP contribution in [0.3, 0.4) is 0 Å². The van der Waals surface area contributed by atoms with Crippen molar-refractivity contribution in [3.63, 3.8) is 0 Å². The number of para-hydroxylation sites is 1. The molecular weight excluding hydrogens is 221 g/mol. The zero-order chi connectivity index (χ0) is 11.7. The van der Waals surface area contributed by atoms with E-state index in [4.69, 9.17) is 4.42 Å². The highest BCUT2D eigenvalue weighted by atomic mass is 19.1. The van der Waals surface area contributed by atoms with Gasteiger partial charge in [-0.15, -0.1) is 0 Å². The van der Waals surface area contributed by atoms with Gasteiger partial charge in [-0.1, -0.05) is 6.07 Å². The summed E-state index contributed by atoms with van der Waals surface area (Å²) in [5.41, 5.74) is 0.775. The molecule has 1 unspecified atom stereocenters. The van der Waals surface area contributed by atoms with E-state index >= 15 is 0 Å². The summed E-state index contributed by atoms with van der Waals surface area (Å²) in [7, 11) is 0. The fraction of sp³-hybridized carbons (Fsp3) is 0.417. The Hall–Kier alpha value is -1.62. The molecule has 3 rings (SSSR count). The average Bonchev–Trinajstić information content (AvgIpc) is 2.95. The van der Waals surface area contributed by atoms with Crippen molar-refractivity contribution in [3.8, 4) is 0 Å². The summed E-state index contributed by atoms with van der Waals surface area (Å²) in [5, 5.41) is 6.41. The SMILES string of the molecule is Fc1cccc2nc(NCC3CCNC3)oc12. The second-order valence-electron chi connectivity index (χ2n) is 4.35. The van der Waals surface area contributed by atoms with E-state index in [1.165, 1.54) is 6.07 Å². The number of hydrogen-bond acceptors (Lipinski definition) is 4. The maximum atomic E-state index is 13.4. The molecule has 17 heavy (non-hydrogen) atoms. The van der Waals surface area contributed by atoms with Crippen LogP contribution in [-0.4, -0.2) is 24.6 Å². The first-order chi connectivity index (χ1) is 8.33. The van der Waals surface area contributed by atoms with Crippen molar-refractivity contribution < 1.29 is 8.81 Å². The molecule has 1 aliphatic rings. The lowest BCUT2D eigenvalue weighted by molar-refractivity contribution is 0.549. The van der Waals surface area contributed by atoms with Gasteiger partial charge in [-0.25, -0.2) is 4.39 Å². The Morgan fingerprint density at radius 1 is 1.53 bits per heavy atom. The van der Waals surface area contributed by atoms with E-state index in [9.17, 15) is 4.39 Å². The lowest BCUT2D eigenvalue weighted by atomic mass is 10.1. The molecule has 0 aliphatic carbocycles. The second kappa shape index (κ2) is 4.33. The van der Waals surface area contributed by atoms with Crippen LogP contribution in [0.2, 0.25) is 0 Å². The molecule has 4 nitrogen and oxygen atoms in total. The number of nitrogens with one attached hydrogen (secondary N) is 2. The Kier molecular flexibility index (Phi) is 2.68. The minimum atomic E-state index is -0.370. The number of halogens is 1. The summed E-state index contributed by atoms with van der Waals surface area (Å²) in [6.07, 6.45) is 1.15. The van der Waals surface area contributed by atoms with Gasteiger partial charge in [0.1, 0.15) is 5.52 Å². The smallest absolute Gasteiger partial charge is 0.295 e. The summed E-state index contributed by atoms with van der Waals surface area (Å²) < 4.78 is 18.7. The third-order valence-corrected chi connectivity index (χ3v) is 3.07. The van der Waals surface area contributed by atoms with Gasteiger partial charge in [0.15, 0.2) is 11.4 Å². The molecule has 5 heteroatoms. The monoisotopic (exact) mass is 235 g/mol. The minimum Gasteiger partial charge on any atom is -0.420 e. The van der Waals surface area contributed by atoms with Gasteiger partial charge in [0.05, 0.1) is 0 Å². The fourth-order valence-corrected chi connectivity index (χ4v) is 2.11. The summed E-state index contributed by atoms with van der Waals surface area (Å²) in [4.78, 5) is 4.20. The van der Waals surface area contributed by atoms with Gasteiger partial charge in [0.25, 0.3) is 6.01 Å². The first-order valence-corrected chi connectivity index (χ1v) is 5.82. The number of benzene rings is 1. The van der Waals surface area contributed by atoms with E-state index in [1.54, 1.807) is 12.1 Å².